The summed E-state index contributed by atoms with van der Waals surface area (Å²) in [6.07, 6.45) is 1.16. The monoisotopic (exact) mass is 288 g/mol. The minimum absolute atomic E-state index is 0.0104. The minimum atomic E-state index is -0.675. The zero-order chi connectivity index (χ0) is 15.8. The molecule has 1 rings (SSSR count). The van der Waals surface area contributed by atoms with E-state index in [0.717, 1.165) is 6.20 Å². The first kappa shape index (κ1) is 16.2. The van der Waals surface area contributed by atoms with Gasteiger partial charge in [0.2, 0.25) is 5.91 Å². The lowest BCUT2D eigenvalue weighted by Gasteiger charge is -2.15. The summed E-state index contributed by atoms with van der Waals surface area (Å²) in [5.41, 5.74) is 5.47. The zero-order valence-corrected chi connectivity index (χ0v) is 11.5. The number of nitrogens with two attached hydrogens (primary N) is 1. The Morgan fingerprint density at radius 2 is 2.24 bits per heavy atom. The summed E-state index contributed by atoms with van der Waals surface area (Å²) in [4.78, 5) is 24.5. The Morgan fingerprint density at radius 3 is 2.76 bits per heavy atom. The summed E-state index contributed by atoms with van der Waals surface area (Å²) in [6, 6.07) is 7.65. The molecule has 7 heteroatoms. The van der Waals surface area contributed by atoms with Gasteiger partial charge < -0.3 is 21.1 Å². The number of phenolic OH excluding ortho intramolecular Hbond substituents is 1. The van der Waals surface area contributed by atoms with Crippen molar-refractivity contribution in [2.75, 3.05) is 18.4 Å². The van der Waals surface area contributed by atoms with E-state index in [0.29, 0.717) is 5.69 Å². The molecule has 7 nitrogen and oxygen atoms in total. The van der Waals surface area contributed by atoms with Gasteiger partial charge in [0.1, 0.15) is 17.4 Å². The molecule has 0 aliphatic carbocycles. The summed E-state index contributed by atoms with van der Waals surface area (Å²) in [6.45, 7) is 1.73. The largest absolute Gasteiger partial charge is 0.508 e. The zero-order valence-electron chi connectivity index (χ0n) is 11.5. The fourth-order valence-electron chi connectivity index (χ4n) is 1.53. The molecular formula is C14H16N4O3. The number of carbonyl (C=O) groups is 2. The van der Waals surface area contributed by atoms with Crippen molar-refractivity contribution < 1.29 is 14.7 Å². The van der Waals surface area contributed by atoms with E-state index in [2.05, 4.69) is 5.32 Å². The van der Waals surface area contributed by atoms with Crippen molar-refractivity contribution in [1.29, 1.82) is 5.26 Å². The number of hydrogen-bond donors (Lipinski definition) is 3. The van der Waals surface area contributed by atoms with Gasteiger partial charge in [0.05, 0.1) is 0 Å². The third-order valence-electron chi connectivity index (χ3n) is 2.53. The van der Waals surface area contributed by atoms with E-state index < -0.39 is 5.91 Å². The Kier molecular flexibility index (Phi) is 5.92. The molecular weight excluding hydrogens is 272 g/mol. The molecule has 0 fully saturated rings. The molecule has 0 heterocycles. The summed E-state index contributed by atoms with van der Waals surface area (Å²) in [7, 11) is 0. The maximum Gasteiger partial charge on any atom is 0.267 e. The molecule has 0 radical (unpaired) electrons. The van der Waals surface area contributed by atoms with Crippen LogP contribution < -0.4 is 11.1 Å². The number of nitrogens with zero attached hydrogens (tertiary/aromatic N) is 2. The fraction of sp³-hybridized carbons (Fsp3) is 0.214. The molecule has 0 aliphatic heterocycles. The standard InChI is InChI=1S/C14H16N4O3/c1-10(19)18(6-5-15)9-11(8-16)14(21)17-12-3-2-4-13(20)7-12/h2-4,7,9,20H,5-6,15H2,1H3,(H,17,21)/b11-9-. The first-order valence-corrected chi connectivity index (χ1v) is 6.17. The molecule has 110 valence electrons. The molecule has 0 spiro atoms. The van der Waals surface area contributed by atoms with Gasteiger partial charge in [-0.25, -0.2) is 0 Å². The Labute approximate surface area is 122 Å². The number of rotatable bonds is 5. The summed E-state index contributed by atoms with van der Waals surface area (Å²) >= 11 is 0. The van der Waals surface area contributed by atoms with Gasteiger partial charge in [-0.05, 0) is 12.1 Å². The van der Waals surface area contributed by atoms with Crippen molar-refractivity contribution in [2.24, 2.45) is 5.73 Å². The van der Waals surface area contributed by atoms with Gasteiger partial charge in [0.25, 0.3) is 5.91 Å². The van der Waals surface area contributed by atoms with Crippen LogP contribution >= 0.6 is 0 Å². The Morgan fingerprint density at radius 1 is 1.52 bits per heavy atom. The predicted molar refractivity (Wildman–Crippen MR) is 76.9 cm³/mol. The first-order valence-electron chi connectivity index (χ1n) is 6.17. The summed E-state index contributed by atoms with van der Waals surface area (Å²) in [5.74, 6) is -1.01. The second-order valence-corrected chi connectivity index (χ2v) is 4.16. The molecule has 1 aromatic carbocycles. The second-order valence-electron chi connectivity index (χ2n) is 4.16. The predicted octanol–water partition coefficient (Wildman–Crippen LogP) is 0.545. The van der Waals surface area contributed by atoms with E-state index in [1.807, 2.05) is 0 Å². The van der Waals surface area contributed by atoms with Crippen molar-refractivity contribution in [1.82, 2.24) is 4.90 Å². The highest BCUT2D eigenvalue weighted by Crippen LogP contribution is 2.16. The van der Waals surface area contributed by atoms with Crippen LogP contribution in [-0.4, -0.2) is 34.9 Å². The maximum atomic E-state index is 12.0. The van der Waals surface area contributed by atoms with Crippen LogP contribution in [0.25, 0.3) is 0 Å². The van der Waals surface area contributed by atoms with Crippen molar-refractivity contribution in [2.45, 2.75) is 6.92 Å². The second kappa shape index (κ2) is 7.67. The van der Waals surface area contributed by atoms with Crippen LogP contribution in [-0.2, 0) is 9.59 Å². The molecule has 0 saturated heterocycles. The van der Waals surface area contributed by atoms with Crippen LogP contribution in [0.3, 0.4) is 0 Å². The summed E-state index contributed by atoms with van der Waals surface area (Å²) < 4.78 is 0. The first-order chi connectivity index (χ1) is 9.97. The normalized spacial score (nSPS) is 10.6. The van der Waals surface area contributed by atoms with Crippen LogP contribution in [0.2, 0.25) is 0 Å². The van der Waals surface area contributed by atoms with Gasteiger partial charge in [-0.15, -0.1) is 0 Å². The Hall–Kier alpha value is -2.85. The quantitative estimate of drug-likeness (QED) is 0.539. The van der Waals surface area contributed by atoms with E-state index in [-0.39, 0.29) is 30.3 Å². The average molecular weight is 288 g/mol. The van der Waals surface area contributed by atoms with Crippen LogP contribution in [0.4, 0.5) is 5.69 Å². The van der Waals surface area contributed by atoms with Gasteiger partial charge in [-0.1, -0.05) is 6.07 Å². The van der Waals surface area contributed by atoms with Crippen LogP contribution in [0, 0.1) is 11.3 Å². The molecule has 4 N–H and O–H groups in total. The van der Waals surface area contributed by atoms with E-state index >= 15 is 0 Å². The average Bonchev–Trinajstić information content (AvgIpc) is 2.43. The van der Waals surface area contributed by atoms with Crippen molar-refractivity contribution in [3.8, 4) is 11.8 Å². The number of nitrogens with one attached hydrogen (secondary N) is 1. The SMILES string of the molecule is CC(=O)N(/C=C(/C#N)C(=O)Nc1cccc(O)c1)CCN. The molecule has 0 aliphatic rings. The molecule has 0 saturated carbocycles. The van der Waals surface area contributed by atoms with Gasteiger partial charge in [-0.2, -0.15) is 5.26 Å². The third kappa shape index (κ3) is 4.97. The topological polar surface area (TPSA) is 119 Å². The maximum absolute atomic E-state index is 12.0. The molecule has 21 heavy (non-hydrogen) atoms. The lowest BCUT2D eigenvalue weighted by atomic mass is 10.2. The van der Waals surface area contributed by atoms with E-state index in [9.17, 15) is 14.7 Å². The minimum Gasteiger partial charge on any atom is -0.508 e. The third-order valence-corrected chi connectivity index (χ3v) is 2.53. The number of aromatic hydroxyl groups is 1. The van der Waals surface area contributed by atoms with Gasteiger partial charge >= 0.3 is 0 Å². The smallest absolute Gasteiger partial charge is 0.267 e. The molecule has 0 bridgehead atoms. The highest BCUT2D eigenvalue weighted by atomic mass is 16.3. The number of phenols is 1. The number of nitriles is 1. The highest BCUT2D eigenvalue weighted by Gasteiger charge is 2.13. The van der Waals surface area contributed by atoms with Crippen LogP contribution in [0.1, 0.15) is 6.92 Å². The van der Waals surface area contributed by atoms with Crippen molar-refractivity contribution >= 4 is 17.5 Å². The van der Waals surface area contributed by atoms with E-state index in [1.165, 1.54) is 24.0 Å². The van der Waals surface area contributed by atoms with Gasteiger partial charge in [0.15, 0.2) is 0 Å². The van der Waals surface area contributed by atoms with Crippen molar-refractivity contribution in [3.63, 3.8) is 0 Å². The van der Waals surface area contributed by atoms with Gasteiger partial charge in [-0.3, -0.25) is 9.59 Å². The van der Waals surface area contributed by atoms with Crippen LogP contribution in [0.15, 0.2) is 36.0 Å². The number of hydrogen-bond acceptors (Lipinski definition) is 5. The fourth-order valence-corrected chi connectivity index (χ4v) is 1.53. The molecule has 0 aromatic heterocycles. The molecule has 0 atom stereocenters. The van der Waals surface area contributed by atoms with Crippen LogP contribution in [0.5, 0.6) is 5.75 Å². The lowest BCUT2D eigenvalue weighted by Crippen LogP contribution is -2.30. The van der Waals surface area contributed by atoms with E-state index in [1.54, 1.807) is 18.2 Å². The number of carbonyl (C=O) groups excluding carboxylic acids is 2. The van der Waals surface area contributed by atoms with Crippen molar-refractivity contribution in [3.05, 3.63) is 36.0 Å². The number of benzene rings is 1. The number of anilines is 1. The highest BCUT2D eigenvalue weighted by molar-refractivity contribution is 6.06. The Bertz CT molecular complexity index is 604. The molecule has 1 aromatic rings. The Balaban J connectivity index is 2.91. The van der Waals surface area contributed by atoms with E-state index in [4.69, 9.17) is 11.0 Å². The molecule has 2 amide bonds. The summed E-state index contributed by atoms with van der Waals surface area (Å²) in [5, 5.41) is 20.8. The lowest BCUT2D eigenvalue weighted by molar-refractivity contribution is -0.126. The molecule has 0 unspecified atom stereocenters. The number of amides is 2. The van der Waals surface area contributed by atoms with Gasteiger partial charge in [0, 0.05) is 38.0 Å².